The van der Waals surface area contributed by atoms with Crippen molar-refractivity contribution in [2.45, 2.75) is 24.3 Å². The van der Waals surface area contributed by atoms with Crippen molar-refractivity contribution in [1.82, 2.24) is 10.0 Å². The van der Waals surface area contributed by atoms with E-state index in [1.807, 2.05) is 0 Å². The van der Waals surface area contributed by atoms with E-state index in [-0.39, 0.29) is 24.0 Å². The van der Waals surface area contributed by atoms with Crippen molar-refractivity contribution < 1.29 is 23.1 Å². The molecule has 0 radical (unpaired) electrons. The SMILES string of the molecule is CNC(=O)[C@@H](C)Oc1ccc(S(=O)(=O)NCCCO)cc1. The van der Waals surface area contributed by atoms with Gasteiger partial charge in [-0.15, -0.1) is 0 Å². The van der Waals surface area contributed by atoms with E-state index in [0.717, 1.165) is 0 Å². The van der Waals surface area contributed by atoms with E-state index in [2.05, 4.69) is 10.0 Å². The van der Waals surface area contributed by atoms with Crippen LogP contribution in [0.25, 0.3) is 0 Å². The van der Waals surface area contributed by atoms with Gasteiger partial charge in [0.2, 0.25) is 10.0 Å². The number of benzene rings is 1. The first-order chi connectivity index (χ1) is 9.90. The Kier molecular flexibility index (Phi) is 6.60. The highest BCUT2D eigenvalue weighted by atomic mass is 32.2. The molecule has 0 bridgehead atoms. The van der Waals surface area contributed by atoms with Crippen molar-refractivity contribution in [2.75, 3.05) is 20.2 Å². The van der Waals surface area contributed by atoms with Gasteiger partial charge in [-0.25, -0.2) is 13.1 Å². The molecule has 1 rings (SSSR count). The lowest BCUT2D eigenvalue weighted by atomic mass is 10.3. The van der Waals surface area contributed by atoms with Crippen LogP contribution in [-0.4, -0.2) is 45.7 Å². The van der Waals surface area contributed by atoms with Gasteiger partial charge in [-0.05, 0) is 37.6 Å². The fourth-order valence-corrected chi connectivity index (χ4v) is 2.60. The summed E-state index contributed by atoms with van der Waals surface area (Å²) in [5.74, 6) is 0.137. The number of nitrogens with one attached hydrogen (secondary N) is 2. The highest BCUT2D eigenvalue weighted by Crippen LogP contribution is 2.17. The highest BCUT2D eigenvalue weighted by molar-refractivity contribution is 7.89. The molecule has 1 atom stereocenters. The average Bonchev–Trinajstić information content (AvgIpc) is 2.47. The van der Waals surface area contributed by atoms with Gasteiger partial charge in [0.15, 0.2) is 6.10 Å². The summed E-state index contributed by atoms with van der Waals surface area (Å²) in [5.41, 5.74) is 0. The van der Waals surface area contributed by atoms with Crippen LogP contribution < -0.4 is 14.8 Å². The topological polar surface area (TPSA) is 105 Å². The molecule has 3 N–H and O–H groups in total. The standard InChI is InChI=1S/C13H20N2O5S/c1-10(13(17)14-2)20-11-4-6-12(7-5-11)21(18,19)15-8-3-9-16/h4-7,10,15-16H,3,8-9H2,1-2H3,(H,14,17)/t10-/m1/s1. The third-order valence-corrected chi connectivity index (χ3v) is 4.17. The van der Waals surface area contributed by atoms with Crippen molar-refractivity contribution in [3.63, 3.8) is 0 Å². The Labute approximate surface area is 124 Å². The van der Waals surface area contributed by atoms with Gasteiger partial charge in [0, 0.05) is 20.2 Å². The smallest absolute Gasteiger partial charge is 0.260 e. The van der Waals surface area contributed by atoms with E-state index in [9.17, 15) is 13.2 Å². The maximum absolute atomic E-state index is 11.9. The zero-order valence-electron chi connectivity index (χ0n) is 12.0. The number of aliphatic hydroxyl groups is 1. The molecule has 8 heteroatoms. The molecule has 0 saturated carbocycles. The molecule has 0 heterocycles. The molecule has 21 heavy (non-hydrogen) atoms. The van der Waals surface area contributed by atoms with Gasteiger partial charge in [0.05, 0.1) is 4.90 Å². The molecule has 1 amide bonds. The number of carbonyl (C=O) groups excluding carboxylic acids is 1. The van der Waals surface area contributed by atoms with E-state index in [4.69, 9.17) is 9.84 Å². The lowest BCUT2D eigenvalue weighted by Crippen LogP contribution is -2.33. The van der Waals surface area contributed by atoms with Gasteiger partial charge in [-0.1, -0.05) is 0 Å². The third-order valence-electron chi connectivity index (χ3n) is 2.69. The van der Waals surface area contributed by atoms with Crippen LogP contribution in [0.3, 0.4) is 0 Å². The van der Waals surface area contributed by atoms with Crippen LogP contribution in [0.4, 0.5) is 0 Å². The molecule has 0 aliphatic rings. The zero-order valence-corrected chi connectivity index (χ0v) is 12.8. The molecule has 118 valence electrons. The molecule has 1 aromatic rings. The molecule has 0 aliphatic heterocycles. The maximum atomic E-state index is 11.9. The van der Waals surface area contributed by atoms with Crippen LogP contribution >= 0.6 is 0 Å². The van der Waals surface area contributed by atoms with Crippen LogP contribution in [0.2, 0.25) is 0 Å². The molecule has 0 saturated heterocycles. The van der Waals surface area contributed by atoms with E-state index < -0.39 is 16.1 Å². The molecular formula is C13H20N2O5S. The predicted molar refractivity (Wildman–Crippen MR) is 77.5 cm³/mol. The third kappa shape index (κ3) is 5.33. The Morgan fingerprint density at radius 1 is 1.33 bits per heavy atom. The zero-order chi connectivity index (χ0) is 15.9. The van der Waals surface area contributed by atoms with Gasteiger partial charge in [-0.2, -0.15) is 0 Å². The van der Waals surface area contributed by atoms with E-state index in [1.165, 1.54) is 31.3 Å². The summed E-state index contributed by atoms with van der Waals surface area (Å²) >= 11 is 0. The Balaban J connectivity index is 2.71. The van der Waals surface area contributed by atoms with Gasteiger partial charge in [-0.3, -0.25) is 4.79 Å². The van der Waals surface area contributed by atoms with Crippen molar-refractivity contribution in [1.29, 1.82) is 0 Å². The summed E-state index contributed by atoms with van der Waals surface area (Å²) < 4.78 is 31.5. The van der Waals surface area contributed by atoms with Crippen LogP contribution in [0, 0.1) is 0 Å². The Bertz CT molecular complexity index is 556. The predicted octanol–water partition coefficient (Wildman–Crippen LogP) is -0.139. The first-order valence-electron chi connectivity index (χ1n) is 6.49. The summed E-state index contributed by atoms with van der Waals surface area (Å²) in [6.45, 7) is 1.69. The molecule has 0 aromatic heterocycles. The quantitative estimate of drug-likeness (QED) is 0.579. The molecule has 0 spiro atoms. The van der Waals surface area contributed by atoms with Crippen molar-refractivity contribution in [3.05, 3.63) is 24.3 Å². The van der Waals surface area contributed by atoms with E-state index in [0.29, 0.717) is 12.2 Å². The number of likely N-dealkylation sites (N-methyl/N-ethyl adjacent to an activating group) is 1. The number of hydrogen-bond donors (Lipinski definition) is 3. The van der Waals surface area contributed by atoms with Crippen LogP contribution in [-0.2, 0) is 14.8 Å². The van der Waals surface area contributed by atoms with Crippen molar-refractivity contribution >= 4 is 15.9 Å². The fourth-order valence-electron chi connectivity index (χ4n) is 1.53. The summed E-state index contributed by atoms with van der Waals surface area (Å²) in [6, 6.07) is 5.76. The number of amides is 1. The van der Waals surface area contributed by atoms with E-state index in [1.54, 1.807) is 6.92 Å². The fraction of sp³-hybridized carbons (Fsp3) is 0.462. The summed E-state index contributed by atoms with van der Waals surface area (Å²) in [6.07, 6.45) is -0.315. The highest BCUT2D eigenvalue weighted by Gasteiger charge is 2.15. The summed E-state index contributed by atoms with van der Waals surface area (Å²) in [4.78, 5) is 11.4. The summed E-state index contributed by atoms with van der Waals surface area (Å²) in [7, 11) is -2.08. The van der Waals surface area contributed by atoms with Crippen molar-refractivity contribution in [3.8, 4) is 5.75 Å². The number of rotatable bonds is 8. The maximum Gasteiger partial charge on any atom is 0.260 e. The molecule has 0 aliphatic carbocycles. The number of hydrogen-bond acceptors (Lipinski definition) is 5. The average molecular weight is 316 g/mol. The van der Waals surface area contributed by atoms with Crippen LogP contribution in [0.15, 0.2) is 29.2 Å². The Morgan fingerprint density at radius 3 is 2.48 bits per heavy atom. The van der Waals surface area contributed by atoms with Gasteiger partial charge < -0.3 is 15.2 Å². The van der Waals surface area contributed by atoms with Gasteiger partial charge >= 0.3 is 0 Å². The van der Waals surface area contributed by atoms with Gasteiger partial charge in [0.1, 0.15) is 5.75 Å². The first kappa shape index (κ1) is 17.4. The number of carbonyl (C=O) groups is 1. The minimum absolute atomic E-state index is 0.0767. The lowest BCUT2D eigenvalue weighted by Gasteiger charge is -2.13. The van der Waals surface area contributed by atoms with Crippen molar-refractivity contribution in [2.24, 2.45) is 0 Å². The molecule has 1 aromatic carbocycles. The Hall–Kier alpha value is -1.64. The molecule has 0 fully saturated rings. The second-order valence-electron chi connectivity index (χ2n) is 4.32. The largest absolute Gasteiger partial charge is 0.481 e. The first-order valence-corrected chi connectivity index (χ1v) is 7.98. The monoisotopic (exact) mass is 316 g/mol. The minimum atomic E-state index is -3.59. The van der Waals surface area contributed by atoms with E-state index >= 15 is 0 Å². The second kappa shape index (κ2) is 7.96. The van der Waals surface area contributed by atoms with Gasteiger partial charge in [0.25, 0.3) is 5.91 Å². The molecule has 7 nitrogen and oxygen atoms in total. The lowest BCUT2D eigenvalue weighted by molar-refractivity contribution is -0.126. The minimum Gasteiger partial charge on any atom is -0.481 e. The van der Waals surface area contributed by atoms with Crippen LogP contribution in [0.5, 0.6) is 5.75 Å². The normalized spacial score (nSPS) is 12.7. The summed E-state index contributed by atoms with van der Waals surface area (Å²) in [5, 5.41) is 11.1. The number of sulfonamides is 1. The molecule has 0 unspecified atom stereocenters. The Morgan fingerprint density at radius 2 is 1.95 bits per heavy atom. The molecular weight excluding hydrogens is 296 g/mol. The van der Waals surface area contributed by atoms with Crippen LogP contribution in [0.1, 0.15) is 13.3 Å². The second-order valence-corrected chi connectivity index (χ2v) is 6.09. The number of ether oxygens (including phenoxy) is 1. The number of aliphatic hydroxyl groups excluding tert-OH is 1.